The van der Waals surface area contributed by atoms with Crippen LogP contribution >= 0.6 is 0 Å². The van der Waals surface area contributed by atoms with Gasteiger partial charge in [-0.2, -0.15) is 17.4 Å². The molecule has 5 heteroatoms. The van der Waals surface area contributed by atoms with E-state index in [2.05, 4.69) is 4.72 Å². The normalized spacial score (nSPS) is 21.9. The lowest BCUT2D eigenvalue weighted by Crippen LogP contribution is -2.29. The van der Waals surface area contributed by atoms with Crippen molar-refractivity contribution in [2.45, 2.75) is 12.6 Å². The first-order valence-corrected chi connectivity index (χ1v) is 7.95. The summed E-state index contributed by atoms with van der Waals surface area (Å²) >= 11 is 0. The minimum atomic E-state index is -3.40. The molecule has 4 nitrogen and oxygen atoms in total. The van der Waals surface area contributed by atoms with Crippen molar-refractivity contribution in [3.63, 3.8) is 0 Å². The molecule has 1 fully saturated rings. The van der Waals surface area contributed by atoms with Crippen molar-refractivity contribution in [2.24, 2.45) is 0 Å². The van der Waals surface area contributed by atoms with Crippen LogP contribution in [0.2, 0.25) is 0 Å². The van der Waals surface area contributed by atoms with Crippen molar-refractivity contribution in [3.05, 3.63) is 71.8 Å². The summed E-state index contributed by atoms with van der Waals surface area (Å²) in [6.07, 6.45) is 0. The second kappa shape index (κ2) is 5.36. The van der Waals surface area contributed by atoms with E-state index in [0.29, 0.717) is 13.1 Å². The number of rotatable bonds is 3. The lowest BCUT2D eigenvalue weighted by Gasteiger charge is -2.13. The maximum Gasteiger partial charge on any atom is 0.280 e. The molecule has 1 heterocycles. The van der Waals surface area contributed by atoms with E-state index in [-0.39, 0.29) is 6.04 Å². The van der Waals surface area contributed by atoms with E-state index in [4.69, 9.17) is 0 Å². The molecule has 0 saturated carbocycles. The third kappa shape index (κ3) is 2.75. The summed E-state index contributed by atoms with van der Waals surface area (Å²) in [6.45, 7) is 0.862. The first-order chi connectivity index (χ1) is 9.65. The van der Waals surface area contributed by atoms with E-state index in [1.807, 2.05) is 60.7 Å². The molecular weight excluding hydrogens is 272 g/mol. The van der Waals surface area contributed by atoms with Gasteiger partial charge in [-0.15, -0.1) is 0 Å². The maximum absolute atomic E-state index is 12.2. The predicted octanol–water partition coefficient (Wildman–Crippen LogP) is 2.08. The molecule has 1 aliphatic rings. The Bertz CT molecular complexity index is 672. The minimum Gasteiger partial charge on any atom is -0.195 e. The number of hydrogen-bond donors (Lipinski definition) is 1. The molecule has 3 rings (SSSR count). The summed E-state index contributed by atoms with van der Waals surface area (Å²) in [4.78, 5) is 0. The first-order valence-electron chi connectivity index (χ1n) is 6.51. The molecule has 2 aromatic carbocycles. The van der Waals surface area contributed by atoms with Gasteiger partial charge in [0.25, 0.3) is 10.2 Å². The van der Waals surface area contributed by atoms with Crippen molar-refractivity contribution in [2.75, 3.05) is 6.54 Å². The number of hydrogen-bond acceptors (Lipinski definition) is 2. The first kappa shape index (κ1) is 13.3. The zero-order valence-corrected chi connectivity index (χ0v) is 11.8. The lowest BCUT2D eigenvalue weighted by atomic mass is 10.1. The Kier molecular flexibility index (Phi) is 3.56. The van der Waals surface area contributed by atoms with Gasteiger partial charge in [0.2, 0.25) is 0 Å². The van der Waals surface area contributed by atoms with Gasteiger partial charge in [0, 0.05) is 13.1 Å². The van der Waals surface area contributed by atoms with Crippen LogP contribution in [0, 0.1) is 0 Å². The molecule has 1 atom stereocenters. The van der Waals surface area contributed by atoms with Crippen molar-refractivity contribution in [1.29, 1.82) is 0 Å². The van der Waals surface area contributed by atoms with Gasteiger partial charge in [-0.1, -0.05) is 60.7 Å². The van der Waals surface area contributed by atoms with Gasteiger partial charge in [0.05, 0.1) is 6.04 Å². The SMILES string of the molecule is O=S1(=O)N[C@H](c2ccccc2)CN1Cc1ccccc1. The molecule has 0 amide bonds. The summed E-state index contributed by atoms with van der Waals surface area (Å²) in [6, 6.07) is 19.1. The van der Waals surface area contributed by atoms with E-state index in [0.717, 1.165) is 11.1 Å². The fourth-order valence-electron chi connectivity index (χ4n) is 2.39. The van der Waals surface area contributed by atoms with Gasteiger partial charge in [-0.25, -0.2) is 0 Å². The Balaban J connectivity index is 1.80. The topological polar surface area (TPSA) is 49.4 Å². The highest BCUT2D eigenvalue weighted by Gasteiger charge is 2.35. The Hall–Kier alpha value is -1.69. The highest BCUT2D eigenvalue weighted by Crippen LogP contribution is 2.24. The zero-order chi connectivity index (χ0) is 14.0. The standard InChI is InChI=1S/C15H16N2O2S/c18-20(19)16-15(14-9-5-2-6-10-14)12-17(20)11-13-7-3-1-4-8-13/h1-10,15-16H,11-12H2/t15-/m0/s1. The molecule has 0 spiro atoms. The summed E-state index contributed by atoms with van der Waals surface area (Å²) in [5, 5.41) is 0. The summed E-state index contributed by atoms with van der Waals surface area (Å²) in [5.74, 6) is 0. The average molecular weight is 288 g/mol. The van der Waals surface area contributed by atoms with Crippen molar-refractivity contribution in [3.8, 4) is 0 Å². The minimum absolute atomic E-state index is 0.176. The van der Waals surface area contributed by atoms with E-state index < -0.39 is 10.2 Å². The quantitative estimate of drug-likeness (QED) is 0.940. The van der Waals surface area contributed by atoms with E-state index in [9.17, 15) is 8.42 Å². The largest absolute Gasteiger partial charge is 0.280 e. The maximum atomic E-state index is 12.2. The van der Waals surface area contributed by atoms with Crippen LogP contribution in [-0.4, -0.2) is 19.3 Å². The Morgan fingerprint density at radius 2 is 1.60 bits per heavy atom. The molecule has 0 aromatic heterocycles. The highest BCUT2D eigenvalue weighted by molar-refractivity contribution is 7.87. The van der Waals surface area contributed by atoms with Crippen molar-refractivity contribution >= 4 is 10.2 Å². The molecule has 0 unspecified atom stereocenters. The second-order valence-electron chi connectivity index (χ2n) is 4.86. The van der Waals surface area contributed by atoms with Gasteiger partial charge in [0.1, 0.15) is 0 Å². The average Bonchev–Trinajstić information content (AvgIpc) is 2.76. The van der Waals surface area contributed by atoms with Gasteiger partial charge in [-0.05, 0) is 11.1 Å². The van der Waals surface area contributed by atoms with Crippen LogP contribution < -0.4 is 4.72 Å². The molecule has 0 aliphatic carbocycles. The lowest BCUT2D eigenvalue weighted by molar-refractivity contribution is 0.425. The highest BCUT2D eigenvalue weighted by atomic mass is 32.2. The fourth-order valence-corrected chi connectivity index (χ4v) is 3.77. The van der Waals surface area contributed by atoms with E-state index in [1.165, 1.54) is 4.31 Å². The molecule has 0 bridgehead atoms. The Morgan fingerprint density at radius 1 is 1.00 bits per heavy atom. The monoisotopic (exact) mass is 288 g/mol. The molecular formula is C15H16N2O2S. The van der Waals surface area contributed by atoms with Crippen LogP contribution in [0.1, 0.15) is 17.2 Å². The van der Waals surface area contributed by atoms with Crippen LogP contribution in [0.5, 0.6) is 0 Å². The molecule has 1 N–H and O–H groups in total. The van der Waals surface area contributed by atoms with Crippen LogP contribution in [0.3, 0.4) is 0 Å². The predicted molar refractivity (Wildman–Crippen MR) is 78.1 cm³/mol. The summed E-state index contributed by atoms with van der Waals surface area (Å²) in [5.41, 5.74) is 1.98. The van der Waals surface area contributed by atoms with Crippen molar-refractivity contribution in [1.82, 2.24) is 9.03 Å². The third-order valence-electron chi connectivity index (χ3n) is 3.42. The number of benzene rings is 2. The van der Waals surface area contributed by atoms with E-state index >= 15 is 0 Å². The van der Waals surface area contributed by atoms with Crippen molar-refractivity contribution < 1.29 is 8.42 Å². The molecule has 20 heavy (non-hydrogen) atoms. The van der Waals surface area contributed by atoms with Crippen LogP contribution in [0.15, 0.2) is 60.7 Å². The van der Waals surface area contributed by atoms with Crippen LogP contribution in [-0.2, 0) is 16.8 Å². The van der Waals surface area contributed by atoms with Gasteiger partial charge < -0.3 is 0 Å². The Labute approximate surface area is 119 Å². The number of nitrogens with one attached hydrogen (secondary N) is 1. The second-order valence-corrected chi connectivity index (χ2v) is 6.57. The molecule has 104 valence electrons. The Morgan fingerprint density at radius 3 is 2.25 bits per heavy atom. The van der Waals surface area contributed by atoms with Gasteiger partial charge in [-0.3, -0.25) is 0 Å². The fraction of sp³-hybridized carbons (Fsp3) is 0.200. The molecule has 0 radical (unpaired) electrons. The van der Waals surface area contributed by atoms with E-state index in [1.54, 1.807) is 0 Å². The third-order valence-corrected chi connectivity index (χ3v) is 4.96. The van der Waals surface area contributed by atoms with Gasteiger partial charge in [0.15, 0.2) is 0 Å². The summed E-state index contributed by atoms with van der Waals surface area (Å²) in [7, 11) is -3.40. The molecule has 1 aliphatic heterocycles. The smallest absolute Gasteiger partial charge is 0.195 e. The van der Waals surface area contributed by atoms with Crippen LogP contribution in [0.25, 0.3) is 0 Å². The number of nitrogens with zero attached hydrogens (tertiary/aromatic N) is 1. The summed E-state index contributed by atoms with van der Waals surface area (Å²) < 4.78 is 28.5. The van der Waals surface area contributed by atoms with Crippen LogP contribution in [0.4, 0.5) is 0 Å². The van der Waals surface area contributed by atoms with Gasteiger partial charge >= 0.3 is 0 Å². The molecule has 1 saturated heterocycles. The zero-order valence-electron chi connectivity index (χ0n) is 10.9. The molecule has 2 aromatic rings.